The van der Waals surface area contributed by atoms with Gasteiger partial charge in [-0.25, -0.2) is 0 Å². The zero-order chi connectivity index (χ0) is 16.2. The van der Waals surface area contributed by atoms with Gasteiger partial charge in [0.2, 0.25) is 5.91 Å². The number of rotatable bonds is 6. The lowest BCUT2D eigenvalue weighted by atomic mass is 10.2. The van der Waals surface area contributed by atoms with Crippen LogP contribution in [0.4, 0.5) is 5.69 Å². The van der Waals surface area contributed by atoms with E-state index in [1.165, 1.54) is 27.2 Å². The van der Waals surface area contributed by atoms with Crippen LogP contribution in [0.2, 0.25) is 0 Å². The summed E-state index contributed by atoms with van der Waals surface area (Å²) in [7, 11) is -2.05. The summed E-state index contributed by atoms with van der Waals surface area (Å²) >= 11 is 0. The first-order valence-corrected chi connectivity index (χ1v) is 7.15. The zero-order valence-electron chi connectivity index (χ0n) is 11.7. The van der Waals surface area contributed by atoms with Crippen molar-refractivity contribution in [1.82, 2.24) is 0 Å². The lowest BCUT2D eigenvalue weighted by Crippen LogP contribution is -2.15. The van der Waals surface area contributed by atoms with Gasteiger partial charge in [0.05, 0.1) is 26.3 Å². The summed E-state index contributed by atoms with van der Waals surface area (Å²) in [6, 6.07) is 2.19. The number of methoxy groups -OCH3 is 2. The molecule has 0 saturated heterocycles. The van der Waals surface area contributed by atoms with Gasteiger partial charge in [-0.3, -0.25) is 14.1 Å². The van der Waals surface area contributed by atoms with E-state index in [0.29, 0.717) is 0 Å². The van der Waals surface area contributed by atoms with Crippen molar-refractivity contribution in [3.8, 4) is 11.5 Å². The van der Waals surface area contributed by atoms with Crippen LogP contribution >= 0.6 is 0 Å². The standard InChI is InChI=1S/C12H15NO7S/c1-7(14)4-12(15)13-8-5-10(20-3)11(21(16,17)18)6-9(8)19-2/h5-6H,4H2,1-3H3,(H,13,15)(H,16,17,18). The topological polar surface area (TPSA) is 119 Å². The fourth-order valence-corrected chi connectivity index (χ4v) is 2.24. The van der Waals surface area contributed by atoms with Gasteiger partial charge in [0.15, 0.2) is 0 Å². The fourth-order valence-electron chi connectivity index (χ4n) is 1.59. The highest BCUT2D eigenvalue weighted by molar-refractivity contribution is 7.86. The summed E-state index contributed by atoms with van der Waals surface area (Å²) < 4.78 is 41.4. The highest BCUT2D eigenvalue weighted by atomic mass is 32.2. The molecule has 9 heteroatoms. The van der Waals surface area contributed by atoms with Gasteiger partial charge in [-0.1, -0.05) is 0 Å². The van der Waals surface area contributed by atoms with E-state index < -0.39 is 20.9 Å². The summed E-state index contributed by atoms with van der Waals surface area (Å²) in [5, 5.41) is 2.40. The van der Waals surface area contributed by atoms with Crippen LogP contribution < -0.4 is 14.8 Å². The summed E-state index contributed by atoms with van der Waals surface area (Å²) in [5.74, 6) is -1.08. The number of carbonyl (C=O) groups is 2. The summed E-state index contributed by atoms with van der Waals surface area (Å²) in [6.07, 6.45) is -0.328. The average molecular weight is 317 g/mol. The molecule has 0 spiro atoms. The number of ether oxygens (including phenoxy) is 2. The van der Waals surface area contributed by atoms with Crippen molar-refractivity contribution in [2.45, 2.75) is 18.2 Å². The number of ketones is 1. The van der Waals surface area contributed by atoms with Gasteiger partial charge < -0.3 is 14.8 Å². The number of hydrogen-bond acceptors (Lipinski definition) is 6. The van der Waals surface area contributed by atoms with Gasteiger partial charge in [0, 0.05) is 12.1 Å². The second kappa shape index (κ2) is 6.55. The van der Waals surface area contributed by atoms with E-state index in [0.717, 1.165) is 6.07 Å². The SMILES string of the molecule is COc1cc(S(=O)(=O)O)c(OC)cc1NC(=O)CC(C)=O. The lowest BCUT2D eigenvalue weighted by Gasteiger charge is -2.14. The molecule has 0 saturated carbocycles. The summed E-state index contributed by atoms with van der Waals surface area (Å²) in [6.45, 7) is 1.26. The molecule has 2 N–H and O–H groups in total. The Morgan fingerprint density at radius 1 is 1.19 bits per heavy atom. The van der Waals surface area contributed by atoms with E-state index >= 15 is 0 Å². The Balaban J connectivity index is 3.28. The van der Waals surface area contributed by atoms with Crippen LogP contribution in [-0.2, 0) is 19.7 Å². The second-order valence-electron chi connectivity index (χ2n) is 4.11. The molecule has 116 valence electrons. The molecule has 1 aromatic rings. The van der Waals surface area contributed by atoms with Gasteiger partial charge in [0.25, 0.3) is 10.1 Å². The number of carbonyl (C=O) groups excluding carboxylic acids is 2. The number of Topliss-reactive ketones (excluding diaryl/α,β-unsaturated/α-hetero) is 1. The maximum Gasteiger partial charge on any atom is 0.298 e. The van der Waals surface area contributed by atoms with Crippen molar-refractivity contribution in [3.05, 3.63) is 12.1 Å². The molecule has 1 aromatic carbocycles. The van der Waals surface area contributed by atoms with Crippen LogP contribution in [-0.4, -0.2) is 38.9 Å². The minimum absolute atomic E-state index is 0.000303. The van der Waals surface area contributed by atoms with Crippen molar-refractivity contribution < 1.29 is 32.0 Å². The first-order valence-electron chi connectivity index (χ1n) is 5.71. The molecule has 0 aromatic heterocycles. The maximum absolute atomic E-state index is 11.6. The Labute approximate surface area is 121 Å². The quantitative estimate of drug-likeness (QED) is 0.590. The van der Waals surface area contributed by atoms with E-state index in [2.05, 4.69) is 5.32 Å². The average Bonchev–Trinajstić information content (AvgIpc) is 2.35. The number of nitrogens with one attached hydrogen (secondary N) is 1. The highest BCUT2D eigenvalue weighted by Gasteiger charge is 2.21. The Hall–Kier alpha value is -2.13. The predicted molar refractivity (Wildman–Crippen MR) is 73.3 cm³/mol. The third-order valence-corrected chi connectivity index (χ3v) is 3.32. The van der Waals surface area contributed by atoms with E-state index in [4.69, 9.17) is 14.0 Å². The van der Waals surface area contributed by atoms with E-state index in [-0.39, 0.29) is 29.4 Å². The molecule has 0 fully saturated rings. The normalized spacial score (nSPS) is 10.9. The van der Waals surface area contributed by atoms with Gasteiger partial charge in [-0.05, 0) is 6.92 Å². The van der Waals surface area contributed by atoms with Crippen molar-refractivity contribution >= 4 is 27.5 Å². The first kappa shape index (κ1) is 16.9. The van der Waals surface area contributed by atoms with Gasteiger partial charge in [-0.2, -0.15) is 8.42 Å². The highest BCUT2D eigenvalue weighted by Crippen LogP contribution is 2.35. The molecule has 0 aliphatic rings. The van der Waals surface area contributed by atoms with Crippen molar-refractivity contribution in [2.75, 3.05) is 19.5 Å². The van der Waals surface area contributed by atoms with Crippen LogP contribution in [0.3, 0.4) is 0 Å². The first-order chi connectivity index (χ1) is 9.68. The molecule has 1 amide bonds. The fraction of sp³-hybridized carbons (Fsp3) is 0.333. The molecule has 21 heavy (non-hydrogen) atoms. The van der Waals surface area contributed by atoms with Crippen molar-refractivity contribution in [2.24, 2.45) is 0 Å². The summed E-state index contributed by atoms with van der Waals surface area (Å²) in [5.41, 5.74) is 0.119. The van der Waals surface area contributed by atoms with E-state index in [1.54, 1.807) is 0 Å². The minimum atomic E-state index is -4.51. The summed E-state index contributed by atoms with van der Waals surface area (Å²) in [4.78, 5) is 22.0. The van der Waals surface area contributed by atoms with Crippen LogP contribution in [0.1, 0.15) is 13.3 Å². The predicted octanol–water partition coefficient (Wildman–Crippen LogP) is 0.868. The van der Waals surface area contributed by atoms with E-state index in [9.17, 15) is 18.0 Å². The molecule has 0 heterocycles. The molecule has 8 nitrogen and oxygen atoms in total. The Kier molecular flexibility index (Phi) is 5.28. The second-order valence-corrected chi connectivity index (χ2v) is 5.50. The van der Waals surface area contributed by atoms with Crippen LogP contribution in [0.5, 0.6) is 11.5 Å². The molecule has 0 radical (unpaired) electrons. The molecule has 0 aliphatic heterocycles. The lowest BCUT2D eigenvalue weighted by molar-refractivity contribution is -0.124. The Morgan fingerprint density at radius 2 is 1.76 bits per heavy atom. The molecular weight excluding hydrogens is 302 g/mol. The Morgan fingerprint density at radius 3 is 2.19 bits per heavy atom. The number of amides is 1. The molecule has 1 rings (SSSR count). The number of benzene rings is 1. The third kappa shape index (κ3) is 4.43. The van der Waals surface area contributed by atoms with Gasteiger partial charge >= 0.3 is 0 Å². The monoisotopic (exact) mass is 317 g/mol. The van der Waals surface area contributed by atoms with Crippen LogP contribution in [0, 0.1) is 0 Å². The minimum Gasteiger partial charge on any atom is -0.495 e. The van der Waals surface area contributed by atoms with Crippen LogP contribution in [0.25, 0.3) is 0 Å². The molecule has 0 atom stereocenters. The number of hydrogen-bond donors (Lipinski definition) is 2. The van der Waals surface area contributed by atoms with Crippen LogP contribution in [0.15, 0.2) is 17.0 Å². The molecular formula is C12H15NO7S. The molecule has 0 bridgehead atoms. The zero-order valence-corrected chi connectivity index (χ0v) is 12.5. The Bertz CT molecular complexity index is 666. The molecule has 0 aliphatic carbocycles. The smallest absolute Gasteiger partial charge is 0.298 e. The van der Waals surface area contributed by atoms with Crippen molar-refractivity contribution in [1.29, 1.82) is 0 Å². The maximum atomic E-state index is 11.6. The number of anilines is 1. The van der Waals surface area contributed by atoms with Gasteiger partial charge in [0.1, 0.15) is 22.2 Å². The largest absolute Gasteiger partial charge is 0.495 e. The van der Waals surface area contributed by atoms with E-state index in [1.807, 2.05) is 0 Å². The van der Waals surface area contributed by atoms with Crippen molar-refractivity contribution in [3.63, 3.8) is 0 Å². The van der Waals surface area contributed by atoms with Gasteiger partial charge in [-0.15, -0.1) is 0 Å². The third-order valence-electron chi connectivity index (χ3n) is 2.45. The molecule has 0 unspecified atom stereocenters.